The van der Waals surface area contributed by atoms with E-state index in [9.17, 15) is 22.0 Å². The third-order valence-electron chi connectivity index (χ3n) is 3.43. The molecule has 3 aromatic rings. The van der Waals surface area contributed by atoms with Crippen molar-refractivity contribution >= 4 is 31.9 Å². The van der Waals surface area contributed by atoms with Gasteiger partial charge in [0.1, 0.15) is 11.5 Å². The molecule has 0 aliphatic carbocycles. The second-order valence-corrected chi connectivity index (χ2v) is 7.46. The van der Waals surface area contributed by atoms with Gasteiger partial charge in [0.2, 0.25) is 0 Å². The molecule has 0 radical (unpaired) electrons. The largest absolute Gasteiger partial charge is 0.508 e. The van der Waals surface area contributed by atoms with Gasteiger partial charge >= 0.3 is 12.3 Å². The van der Waals surface area contributed by atoms with Crippen molar-refractivity contribution in [3.63, 3.8) is 0 Å². The van der Waals surface area contributed by atoms with E-state index in [0.29, 0.717) is 34.5 Å². The van der Waals surface area contributed by atoms with Gasteiger partial charge in [0.25, 0.3) is 0 Å². The minimum absolute atomic E-state index is 0.0944. The summed E-state index contributed by atoms with van der Waals surface area (Å²) in [7, 11) is 0. The Morgan fingerprint density at radius 3 is 1.45 bits per heavy atom. The van der Waals surface area contributed by atoms with E-state index in [2.05, 4.69) is 36.6 Å². The maximum absolute atomic E-state index is 13.9. The zero-order valence-corrected chi connectivity index (χ0v) is 17.6. The summed E-state index contributed by atoms with van der Waals surface area (Å²) in [6.07, 6.45) is -8.29. The first-order chi connectivity index (χ1) is 13.5. The van der Waals surface area contributed by atoms with Crippen molar-refractivity contribution in [1.82, 2.24) is 0 Å². The fraction of sp³-hybridized carbons (Fsp3) is 0.100. The van der Waals surface area contributed by atoms with Crippen LogP contribution in [0.2, 0.25) is 0 Å². The monoisotopic (exact) mass is 538 g/mol. The molecule has 0 spiro atoms. The number of ether oxygens (including phenoxy) is 1. The Morgan fingerprint density at radius 1 is 0.621 bits per heavy atom. The summed E-state index contributed by atoms with van der Waals surface area (Å²) < 4.78 is 71.0. The first kappa shape index (κ1) is 23.2. The lowest BCUT2D eigenvalue weighted by Gasteiger charge is -2.19. The van der Waals surface area contributed by atoms with Gasteiger partial charge in [-0.05, 0) is 72.8 Å². The number of halogens is 7. The topological polar surface area (TPSA) is 29.5 Å². The molecule has 0 amide bonds. The molecule has 154 valence electrons. The predicted molar refractivity (Wildman–Crippen MR) is 106 cm³/mol. The fourth-order valence-electron chi connectivity index (χ4n) is 2.00. The summed E-state index contributed by atoms with van der Waals surface area (Å²) in [6.45, 7) is 0. The van der Waals surface area contributed by atoms with Crippen LogP contribution in [-0.4, -0.2) is 5.11 Å². The lowest BCUT2D eigenvalue weighted by Crippen LogP contribution is -2.22. The standard InChI is InChI=1S/C14H8BrF5O.C6H5BrO/c15-11-5-7-12(8-6-11)21-14(19,20)10-3-1-9(2-4-10)13(16,17)18;7-5-1-3-6(8)4-2-5/h1-8H;1-4,8H. The Kier molecular flexibility index (Phi) is 7.65. The van der Waals surface area contributed by atoms with E-state index >= 15 is 0 Å². The van der Waals surface area contributed by atoms with Crippen LogP contribution in [0.1, 0.15) is 11.1 Å². The van der Waals surface area contributed by atoms with Gasteiger partial charge in [0.15, 0.2) is 0 Å². The van der Waals surface area contributed by atoms with E-state index in [1.807, 2.05) is 0 Å². The molecule has 0 aliphatic heterocycles. The molecule has 0 atom stereocenters. The number of phenols is 1. The van der Waals surface area contributed by atoms with Crippen molar-refractivity contribution in [2.45, 2.75) is 12.3 Å². The second kappa shape index (κ2) is 9.58. The van der Waals surface area contributed by atoms with Gasteiger partial charge < -0.3 is 9.84 Å². The number of aromatic hydroxyl groups is 1. The Bertz CT molecular complexity index is 889. The SMILES string of the molecule is FC(F)(F)c1ccc(C(F)(F)Oc2ccc(Br)cc2)cc1.Oc1ccc(Br)cc1. The summed E-state index contributed by atoms with van der Waals surface area (Å²) in [4.78, 5) is 0. The molecule has 9 heteroatoms. The van der Waals surface area contributed by atoms with Crippen LogP contribution in [0.15, 0.2) is 81.7 Å². The van der Waals surface area contributed by atoms with Gasteiger partial charge in [0.05, 0.1) is 11.1 Å². The summed E-state index contributed by atoms with van der Waals surface area (Å²) in [6, 6.07) is 15.1. The quantitative estimate of drug-likeness (QED) is 0.345. The summed E-state index contributed by atoms with van der Waals surface area (Å²) >= 11 is 6.38. The molecule has 3 aromatic carbocycles. The Morgan fingerprint density at radius 2 is 1.03 bits per heavy atom. The molecule has 3 rings (SSSR count). The Balaban J connectivity index is 0.000000313. The van der Waals surface area contributed by atoms with Crippen molar-refractivity contribution in [2.75, 3.05) is 0 Å². The van der Waals surface area contributed by atoms with Crippen molar-refractivity contribution in [1.29, 1.82) is 0 Å². The van der Waals surface area contributed by atoms with Crippen molar-refractivity contribution in [3.8, 4) is 11.5 Å². The number of phenolic OH excluding ortho intramolecular Hbond substituents is 1. The highest BCUT2D eigenvalue weighted by atomic mass is 79.9. The van der Waals surface area contributed by atoms with Gasteiger partial charge in [-0.3, -0.25) is 0 Å². The zero-order valence-electron chi connectivity index (χ0n) is 14.4. The lowest BCUT2D eigenvalue weighted by molar-refractivity contribution is -0.185. The average Bonchev–Trinajstić information content (AvgIpc) is 2.66. The Labute approximate surface area is 180 Å². The van der Waals surface area contributed by atoms with Crippen molar-refractivity contribution in [2.24, 2.45) is 0 Å². The zero-order chi connectivity index (χ0) is 21.7. The highest BCUT2D eigenvalue weighted by Gasteiger charge is 2.36. The maximum Gasteiger partial charge on any atom is 0.426 e. The van der Waals surface area contributed by atoms with E-state index < -0.39 is 23.4 Å². The number of alkyl halides is 5. The molecular weight excluding hydrogens is 527 g/mol. The summed E-state index contributed by atoms with van der Waals surface area (Å²) in [5.41, 5.74) is -1.65. The van der Waals surface area contributed by atoms with Crippen molar-refractivity contribution in [3.05, 3.63) is 92.9 Å². The molecule has 0 fully saturated rings. The van der Waals surface area contributed by atoms with Gasteiger partial charge in [-0.2, -0.15) is 22.0 Å². The van der Waals surface area contributed by atoms with Crippen LogP contribution in [0, 0.1) is 0 Å². The number of benzene rings is 3. The van der Waals surface area contributed by atoms with Crippen LogP contribution in [-0.2, 0) is 12.3 Å². The molecule has 1 N–H and O–H groups in total. The van der Waals surface area contributed by atoms with Gasteiger partial charge in [-0.25, -0.2) is 0 Å². The van der Waals surface area contributed by atoms with Gasteiger partial charge in [0, 0.05) is 8.95 Å². The normalized spacial score (nSPS) is 11.4. The highest BCUT2D eigenvalue weighted by Crippen LogP contribution is 2.35. The molecule has 0 heterocycles. The molecule has 0 aromatic heterocycles. The minimum atomic E-state index is -4.57. The maximum atomic E-state index is 13.9. The van der Waals surface area contributed by atoms with Crippen LogP contribution in [0.4, 0.5) is 22.0 Å². The predicted octanol–water partition coefficient (Wildman–Crippen LogP) is 7.75. The van der Waals surface area contributed by atoms with Crippen LogP contribution in [0.5, 0.6) is 11.5 Å². The molecule has 2 nitrogen and oxygen atoms in total. The second-order valence-electron chi connectivity index (χ2n) is 5.62. The van der Waals surface area contributed by atoms with Crippen LogP contribution >= 0.6 is 31.9 Å². The van der Waals surface area contributed by atoms with Crippen LogP contribution in [0.3, 0.4) is 0 Å². The fourth-order valence-corrected chi connectivity index (χ4v) is 2.53. The smallest absolute Gasteiger partial charge is 0.426 e. The lowest BCUT2D eigenvalue weighted by atomic mass is 10.1. The molecule has 0 aliphatic rings. The van der Waals surface area contributed by atoms with E-state index in [-0.39, 0.29) is 5.75 Å². The first-order valence-electron chi connectivity index (χ1n) is 7.92. The van der Waals surface area contributed by atoms with E-state index in [1.165, 1.54) is 24.3 Å². The minimum Gasteiger partial charge on any atom is -0.508 e. The van der Waals surface area contributed by atoms with E-state index in [4.69, 9.17) is 5.11 Å². The molecule has 29 heavy (non-hydrogen) atoms. The van der Waals surface area contributed by atoms with Gasteiger partial charge in [-0.1, -0.05) is 31.9 Å². The molecule has 0 saturated heterocycles. The average molecular weight is 540 g/mol. The van der Waals surface area contributed by atoms with Crippen LogP contribution in [0.25, 0.3) is 0 Å². The molecule has 0 saturated carbocycles. The van der Waals surface area contributed by atoms with E-state index in [1.54, 1.807) is 24.3 Å². The third-order valence-corrected chi connectivity index (χ3v) is 4.49. The summed E-state index contributed by atoms with van der Waals surface area (Å²) in [5.74, 6) is 0.205. The highest BCUT2D eigenvalue weighted by molar-refractivity contribution is 9.10. The van der Waals surface area contributed by atoms with Crippen molar-refractivity contribution < 1.29 is 31.8 Å². The van der Waals surface area contributed by atoms with Crippen LogP contribution < -0.4 is 4.74 Å². The molecular formula is C20H13Br2F5O2. The summed E-state index contributed by atoms with van der Waals surface area (Å²) in [5, 5.41) is 8.74. The molecule has 0 bridgehead atoms. The number of rotatable bonds is 3. The molecule has 0 unspecified atom stereocenters. The Hall–Kier alpha value is -2.13. The number of hydrogen-bond acceptors (Lipinski definition) is 2. The first-order valence-corrected chi connectivity index (χ1v) is 9.50. The van der Waals surface area contributed by atoms with Gasteiger partial charge in [-0.15, -0.1) is 0 Å². The third kappa shape index (κ3) is 7.32. The number of hydrogen-bond donors (Lipinski definition) is 1. The van der Waals surface area contributed by atoms with E-state index in [0.717, 1.165) is 4.47 Å².